The molecule has 0 bridgehead atoms. The van der Waals surface area contributed by atoms with Gasteiger partial charge < -0.3 is 25.1 Å². The molecule has 0 fully saturated rings. The Labute approximate surface area is 194 Å². The molecule has 0 radical (unpaired) electrons. The number of aromatic amines is 1. The van der Waals surface area contributed by atoms with Gasteiger partial charge >= 0.3 is 0 Å². The minimum Gasteiger partial charge on any atom is -0.490 e. The fourth-order valence-corrected chi connectivity index (χ4v) is 3.61. The number of benzene rings is 2. The summed E-state index contributed by atoms with van der Waals surface area (Å²) in [4.78, 5) is 29.6. The van der Waals surface area contributed by atoms with Gasteiger partial charge in [-0.15, -0.1) is 0 Å². The van der Waals surface area contributed by atoms with Crippen LogP contribution in [-0.4, -0.2) is 61.6 Å². The van der Waals surface area contributed by atoms with Gasteiger partial charge in [0.15, 0.2) is 11.5 Å². The second-order valence-corrected chi connectivity index (χ2v) is 7.71. The maximum atomic E-state index is 12.4. The first-order valence-corrected chi connectivity index (χ1v) is 11.2. The van der Waals surface area contributed by atoms with E-state index < -0.39 is 0 Å². The molecule has 0 aliphatic carbocycles. The molecule has 0 aliphatic rings. The highest BCUT2D eigenvalue weighted by molar-refractivity contribution is 5.93. The molecule has 176 valence electrons. The van der Waals surface area contributed by atoms with Crippen LogP contribution in [0.5, 0.6) is 11.5 Å². The first kappa shape index (κ1) is 24.1. The van der Waals surface area contributed by atoms with Crippen LogP contribution in [-0.2, 0) is 16.0 Å². The molecule has 3 aromatic rings. The molecule has 8 nitrogen and oxygen atoms in total. The first-order chi connectivity index (χ1) is 16.0. The van der Waals surface area contributed by atoms with Crippen LogP contribution in [0.1, 0.15) is 19.4 Å². The number of ether oxygens (including phenoxy) is 2. The number of H-pyrrole nitrogens is 1. The second-order valence-electron chi connectivity index (χ2n) is 7.71. The Morgan fingerprint density at radius 3 is 2.48 bits per heavy atom. The average Bonchev–Trinajstić information content (AvgIpc) is 3.19. The number of aromatic nitrogens is 1. The summed E-state index contributed by atoms with van der Waals surface area (Å²) in [7, 11) is 1.74. The lowest BCUT2D eigenvalue weighted by Crippen LogP contribution is -2.39. The summed E-state index contributed by atoms with van der Waals surface area (Å²) in [6.45, 7) is 5.58. The summed E-state index contributed by atoms with van der Waals surface area (Å²) >= 11 is 0. The lowest BCUT2D eigenvalue weighted by atomic mass is 10.1. The SMILES string of the molecule is CCOc1ccc(NC(=O)CN(C)CC(=O)NCCc2c[nH]c3ccccc23)cc1OCC. The van der Waals surface area contributed by atoms with Crippen LogP contribution < -0.4 is 20.1 Å². The van der Waals surface area contributed by atoms with Gasteiger partial charge in [0, 0.05) is 35.4 Å². The molecule has 0 aliphatic heterocycles. The molecule has 3 rings (SSSR count). The van der Waals surface area contributed by atoms with E-state index in [9.17, 15) is 9.59 Å². The van der Waals surface area contributed by atoms with Gasteiger partial charge in [-0.1, -0.05) is 18.2 Å². The van der Waals surface area contributed by atoms with Crippen molar-refractivity contribution >= 4 is 28.4 Å². The molecule has 0 atom stereocenters. The highest BCUT2D eigenvalue weighted by atomic mass is 16.5. The van der Waals surface area contributed by atoms with Crippen molar-refractivity contribution in [1.29, 1.82) is 0 Å². The Morgan fingerprint density at radius 1 is 0.970 bits per heavy atom. The maximum Gasteiger partial charge on any atom is 0.238 e. The molecule has 1 aromatic heterocycles. The summed E-state index contributed by atoms with van der Waals surface area (Å²) in [5.74, 6) is 0.888. The zero-order chi connectivity index (χ0) is 23.6. The zero-order valence-electron chi connectivity index (χ0n) is 19.4. The summed E-state index contributed by atoms with van der Waals surface area (Å²) in [5.41, 5.74) is 2.87. The second kappa shape index (κ2) is 11.9. The van der Waals surface area contributed by atoms with Crippen molar-refractivity contribution in [2.75, 3.05) is 45.2 Å². The molecule has 8 heteroatoms. The van der Waals surface area contributed by atoms with E-state index in [2.05, 4.69) is 21.7 Å². The topological polar surface area (TPSA) is 95.7 Å². The molecule has 0 saturated carbocycles. The number of fused-ring (bicyclic) bond motifs is 1. The summed E-state index contributed by atoms with van der Waals surface area (Å²) in [6, 6.07) is 13.4. The molecular formula is C25H32N4O4. The van der Waals surface area contributed by atoms with Gasteiger partial charge in [0.25, 0.3) is 0 Å². The molecule has 2 amide bonds. The van der Waals surface area contributed by atoms with E-state index in [1.807, 2.05) is 38.2 Å². The molecule has 1 heterocycles. The normalized spacial score (nSPS) is 10.9. The van der Waals surface area contributed by atoms with Gasteiger partial charge in [0.1, 0.15) is 0 Å². The van der Waals surface area contributed by atoms with Crippen molar-refractivity contribution in [2.45, 2.75) is 20.3 Å². The molecule has 0 spiro atoms. The van der Waals surface area contributed by atoms with Crippen LogP contribution in [0.25, 0.3) is 10.9 Å². The Morgan fingerprint density at radius 2 is 1.70 bits per heavy atom. The largest absolute Gasteiger partial charge is 0.490 e. The Balaban J connectivity index is 1.43. The van der Waals surface area contributed by atoms with Crippen molar-refractivity contribution < 1.29 is 19.1 Å². The Bertz CT molecular complexity index is 1080. The van der Waals surface area contributed by atoms with Gasteiger partial charge in [-0.3, -0.25) is 14.5 Å². The lowest BCUT2D eigenvalue weighted by molar-refractivity contribution is -0.122. The number of carbonyl (C=O) groups is 2. The van der Waals surface area contributed by atoms with E-state index in [0.717, 1.165) is 11.9 Å². The van der Waals surface area contributed by atoms with Crippen molar-refractivity contribution in [3.05, 3.63) is 54.2 Å². The summed E-state index contributed by atoms with van der Waals surface area (Å²) in [6.07, 6.45) is 2.71. The number of hydrogen-bond donors (Lipinski definition) is 3. The maximum absolute atomic E-state index is 12.4. The van der Waals surface area contributed by atoms with Gasteiger partial charge in [-0.05, 0) is 51.1 Å². The van der Waals surface area contributed by atoms with Crippen molar-refractivity contribution in [3.8, 4) is 11.5 Å². The third kappa shape index (κ3) is 6.98. The summed E-state index contributed by atoms with van der Waals surface area (Å²) < 4.78 is 11.1. The zero-order valence-corrected chi connectivity index (χ0v) is 19.4. The molecular weight excluding hydrogens is 420 g/mol. The molecule has 0 unspecified atom stereocenters. The van der Waals surface area contributed by atoms with E-state index in [0.29, 0.717) is 36.9 Å². The van der Waals surface area contributed by atoms with E-state index in [1.54, 1.807) is 30.1 Å². The van der Waals surface area contributed by atoms with Gasteiger partial charge in [-0.25, -0.2) is 0 Å². The number of anilines is 1. The Hall–Kier alpha value is -3.52. The highest BCUT2D eigenvalue weighted by Gasteiger charge is 2.13. The number of nitrogens with one attached hydrogen (secondary N) is 3. The standard InChI is InChI=1S/C25H32N4O4/c1-4-32-22-11-10-19(14-23(22)33-5-2)28-25(31)17-29(3)16-24(30)26-13-12-18-15-27-21-9-7-6-8-20(18)21/h6-11,14-15,27H,4-5,12-13,16-17H2,1-3H3,(H,26,30)(H,28,31). The quantitative estimate of drug-likeness (QED) is 0.392. The third-order valence-corrected chi connectivity index (χ3v) is 5.05. The molecule has 0 saturated heterocycles. The number of amides is 2. The predicted octanol–water partition coefficient (Wildman–Crippen LogP) is 3.19. The van der Waals surface area contributed by atoms with Crippen LogP contribution in [0.15, 0.2) is 48.7 Å². The number of nitrogens with zero attached hydrogens (tertiary/aromatic N) is 1. The minimum atomic E-state index is -0.212. The summed E-state index contributed by atoms with van der Waals surface area (Å²) in [5, 5.41) is 6.93. The Kier molecular flexibility index (Phi) is 8.71. The number of carbonyl (C=O) groups excluding carboxylic acids is 2. The monoisotopic (exact) mass is 452 g/mol. The van der Waals surface area contributed by atoms with E-state index in [4.69, 9.17) is 9.47 Å². The van der Waals surface area contributed by atoms with Crippen molar-refractivity contribution in [1.82, 2.24) is 15.2 Å². The smallest absolute Gasteiger partial charge is 0.238 e. The van der Waals surface area contributed by atoms with Gasteiger partial charge in [0.2, 0.25) is 11.8 Å². The van der Waals surface area contributed by atoms with Crippen LogP contribution in [0.2, 0.25) is 0 Å². The molecule has 2 aromatic carbocycles. The number of hydrogen-bond acceptors (Lipinski definition) is 5. The van der Waals surface area contributed by atoms with E-state index >= 15 is 0 Å². The van der Waals surface area contributed by atoms with Crippen LogP contribution in [0, 0.1) is 0 Å². The van der Waals surface area contributed by atoms with Crippen LogP contribution in [0.4, 0.5) is 5.69 Å². The number of para-hydroxylation sites is 1. The average molecular weight is 453 g/mol. The van der Waals surface area contributed by atoms with Crippen LogP contribution in [0.3, 0.4) is 0 Å². The third-order valence-electron chi connectivity index (χ3n) is 5.05. The fourth-order valence-electron chi connectivity index (χ4n) is 3.61. The van der Waals surface area contributed by atoms with Crippen molar-refractivity contribution in [3.63, 3.8) is 0 Å². The van der Waals surface area contributed by atoms with E-state index in [-0.39, 0.29) is 24.9 Å². The number of likely N-dealkylation sites (N-methyl/N-ethyl adjacent to an activating group) is 1. The van der Waals surface area contributed by atoms with Gasteiger partial charge in [0.05, 0.1) is 26.3 Å². The van der Waals surface area contributed by atoms with Crippen LogP contribution >= 0.6 is 0 Å². The lowest BCUT2D eigenvalue weighted by Gasteiger charge is -2.17. The minimum absolute atomic E-state index is 0.0903. The predicted molar refractivity (Wildman–Crippen MR) is 130 cm³/mol. The molecule has 3 N–H and O–H groups in total. The number of rotatable bonds is 12. The molecule has 33 heavy (non-hydrogen) atoms. The first-order valence-electron chi connectivity index (χ1n) is 11.2. The van der Waals surface area contributed by atoms with E-state index in [1.165, 1.54) is 10.9 Å². The fraction of sp³-hybridized carbons (Fsp3) is 0.360. The van der Waals surface area contributed by atoms with Gasteiger partial charge in [-0.2, -0.15) is 0 Å². The highest BCUT2D eigenvalue weighted by Crippen LogP contribution is 2.30. The van der Waals surface area contributed by atoms with Crippen molar-refractivity contribution in [2.24, 2.45) is 0 Å².